The zero-order valence-corrected chi connectivity index (χ0v) is 16.6. The smallest absolute Gasteiger partial charge is 0.410 e. The summed E-state index contributed by atoms with van der Waals surface area (Å²) in [4.78, 5) is 22.7. The van der Waals surface area contributed by atoms with Crippen molar-refractivity contribution >= 4 is 17.0 Å². The second-order valence-corrected chi connectivity index (χ2v) is 8.01. The molecule has 1 aliphatic heterocycles. The van der Waals surface area contributed by atoms with E-state index in [1.807, 2.05) is 52.2 Å². The number of hydrogen-bond donors (Lipinski definition) is 0. The maximum atomic E-state index is 12.4. The van der Waals surface area contributed by atoms with Gasteiger partial charge in [0.2, 0.25) is 5.88 Å². The third-order valence-electron chi connectivity index (χ3n) is 4.69. The first-order chi connectivity index (χ1) is 13.3. The normalized spacial score (nSPS) is 14.1. The van der Waals surface area contributed by atoms with Crippen LogP contribution in [-0.4, -0.2) is 37.7 Å². The number of hydrogen-bond acceptors (Lipinski definition) is 5. The minimum Gasteiger partial charge on any atom is -0.444 e. The highest BCUT2D eigenvalue weighted by molar-refractivity contribution is 5.81. The lowest BCUT2D eigenvalue weighted by atomic mass is 10.1. The van der Waals surface area contributed by atoms with E-state index in [0.29, 0.717) is 25.4 Å². The lowest BCUT2D eigenvalue weighted by Crippen LogP contribution is -2.40. The molecule has 1 amide bonds. The number of ether oxygens (including phenoxy) is 2. The number of nitrogens with zero attached hydrogens (tertiary/aromatic N) is 4. The highest BCUT2D eigenvalue weighted by Crippen LogP contribution is 2.30. The standard InChI is InChI=1S/C21H24N4O3/c1-21(2,3)28-20(26)25-10-8-16-17(12-25)22-13-23-19(16)27-15-5-6-18-14(11-15)7-9-24(18)4/h5-7,9,11,13H,8,10,12H2,1-4H3. The van der Waals surface area contributed by atoms with Crippen molar-refractivity contribution < 1.29 is 14.3 Å². The first-order valence-corrected chi connectivity index (χ1v) is 9.34. The van der Waals surface area contributed by atoms with Crippen LogP contribution in [0.15, 0.2) is 36.8 Å². The molecule has 0 aliphatic carbocycles. The predicted molar refractivity (Wildman–Crippen MR) is 105 cm³/mol. The number of aromatic nitrogens is 3. The van der Waals surface area contributed by atoms with Crippen LogP contribution in [-0.2, 0) is 24.8 Å². The van der Waals surface area contributed by atoms with Crippen molar-refractivity contribution in [1.29, 1.82) is 0 Å². The number of carbonyl (C=O) groups excluding carboxylic acids is 1. The Bertz CT molecular complexity index is 1040. The third kappa shape index (κ3) is 3.65. The number of benzene rings is 1. The van der Waals surface area contributed by atoms with E-state index < -0.39 is 5.60 Å². The molecule has 0 spiro atoms. The fourth-order valence-electron chi connectivity index (χ4n) is 3.33. The Labute approximate surface area is 163 Å². The summed E-state index contributed by atoms with van der Waals surface area (Å²) in [6.45, 7) is 6.52. The molecule has 28 heavy (non-hydrogen) atoms. The molecular weight excluding hydrogens is 356 g/mol. The van der Waals surface area contributed by atoms with Gasteiger partial charge in [-0.25, -0.2) is 14.8 Å². The average molecular weight is 380 g/mol. The van der Waals surface area contributed by atoms with Gasteiger partial charge in [-0.15, -0.1) is 0 Å². The molecule has 3 aromatic rings. The predicted octanol–water partition coefficient (Wildman–Crippen LogP) is 4.05. The summed E-state index contributed by atoms with van der Waals surface area (Å²) in [6.07, 6.45) is 3.80. The molecule has 0 N–H and O–H groups in total. The van der Waals surface area contributed by atoms with Crippen LogP contribution in [0.2, 0.25) is 0 Å². The van der Waals surface area contributed by atoms with Gasteiger partial charge in [-0.1, -0.05) is 0 Å². The van der Waals surface area contributed by atoms with Crippen LogP contribution in [0.25, 0.3) is 10.9 Å². The number of carbonyl (C=O) groups is 1. The van der Waals surface area contributed by atoms with Gasteiger partial charge in [-0.2, -0.15) is 0 Å². The summed E-state index contributed by atoms with van der Waals surface area (Å²) in [7, 11) is 2.01. The Balaban J connectivity index is 1.54. The Morgan fingerprint density at radius 3 is 2.79 bits per heavy atom. The molecule has 4 rings (SSSR count). The zero-order valence-electron chi connectivity index (χ0n) is 16.6. The lowest BCUT2D eigenvalue weighted by Gasteiger charge is -2.30. The van der Waals surface area contributed by atoms with Gasteiger partial charge in [0.15, 0.2) is 0 Å². The van der Waals surface area contributed by atoms with Crippen LogP contribution >= 0.6 is 0 Å². The molecule has 0 fully saturated rings. The second kappa shape index (κ2) is 6.82. The van der Waals surface area contributed by atoms with Gasteiger partial charge in [-0.05, 0) is 51.5 Å². The van der Waals surface area contributed by atoms with Crippen LogP contribution in [0.5, 0.6) is 11.6 Å². The van der Waals surface area contributed by atoms with Crippen molar-refractivity contribution in [3.05, 3.63) is 48.0 Å². The summed E-state index contributed by atoms with van der Waals surface area (Å²) < 4.78 is 13.6. The van der Waals surface area contributed by atoms with Gasteiger partial charge >= 0.3 is 6.09 Å². The number of amides is 1. The van der Waals surface area contributed by atoms with Crippen LogP contribution in [0, 0.1) is 0 Å². The zero-order chi connectivity index (χ0) is 19.9. The second-order valence-electron chi connectivity index (χ2n) is 8.01. The third-order valence-corrected chi connectivity index (χ3v) is 4.69. The minimum atomic E-state index is -0.520. The van der Waals surface area contributed by atoms with Gasteiger partial charge in [-0.3, -0.25) is 0 Å². The molecule has 0 bridgehead atoms. The Morgan fingerprint density at radius 2 is 2.00 bits per heavy atom. The number of aryl methyl sites for hydroxylation is 1. The van der Waals surface area contributed by atoms with Crippen molar-refractivity contribution in [2.45, 2.75) is 39.3 Å². The lowest BCUT2D eigenvalue weighted by molar-refractivity contribution is 0.0219. The van der Waals surface area contributed by atoms with Crippen molar-refractivity contribution in [2.75, 3.05) is 6.54 Å². The van der Waals surface area contributed by atoms with Gasteiger partial charge in [0.1, 0.15) is 17.7 Å². The molecule has 7 nitrogen and oxygen atoms in total. The first-order valence-electron chi connectivity index (χ1n) is 9.34. The molecule has 0 atom stereocenters. The van der Waals surface area contributed by atoms with Crippen LogP contribution < -0.4 is 4.74 Å². The molecule has 7 heteroatoms. The van der Waals surface area contributed by atoms with E-state index in [1.54, 1.807) is 4.90 Å². The number of fused-ring (bicyclic) bond motifs is 2. The fraction of sp³-hybridized carbons (Fsp3) is 0.381. The quantitative estimate of drug-likeness (QED) is 0.671. The van der Waals surface area contributed by atoms with Crippen molar-refractivity contribution in [1.82, 2.24) is 19.4 Å². The summed E-state index contributed by atoms with van der Waals surface area (Å²) >= 11 is 0. The molecule has 1 aromatic carbocycles. The van der Waals surface area contributed by atoms with Crippen LogP contribution in [0.4, 0.5) is 4.79 Å². The first kappa shape index (κ1) is 18.3. The van der Waals surface area contributed by atoms with E-state index in [0.717, 1.165) is 27.9 Å². The van der Waals surface area contributed by atoms with Gasteiger partial charge in [0.05, 0.1) is 12.2 Å². The van der Waals surface area contributed by atoms with Crippen molar-refractivity contribution in [2.24, 2.45) is 7.05 Å². The number of rotatable bonds is 2. The Hall–Kier alpha value is -3.09. The Kier molecular flexibility index (Phi) is 4.45. The van der Waals surface area contributed by atoms with Crippen molar-refractivity contribution in [3.8, 4) is 11.6 Å². The van der Waals surface area contributed by atoms with Gasteiger partial charge < -0.3 is 18.9 Å². The van der Waals surface area contributed by atoms with E-state index >= 15 is 0 Å². The molecule has 3 heterocycles. The SMILES string of the molecule is Cn1ccc2cc(Oc3ncnc4c3CCN(C(=O)OC(C)(C)C)C4)ccc21. The van der Waals surface area contributed by atoms with E-state index in [-0.39, 0.29) is 6.09 Å². The fourth-order valence-corrected chi connectivity index (χ4v) is 3.33. The maximum absolute atomic E-state index is 12.4. The van der Waals surface area contributed by atoms with E-state index in [1.165, 1.54) is 6.33 Å². The van der Waals surface area contributed by atoms with E-state index in [9.17, 15) is 4.79 Å². The topological polar surface area (TPSA) is 69.5 Å². The van der Waals surface area contributed by atoms with Gasteiger partial charge in [0.25, 0.3) is 0 Å². The van der Waals surface area contributed by atoms with Crippen LogP contribution in [0.3, 0.4) is 0 Å². The molecule has 1 aliphatic rings. The molecule has 0 saturated heterocycles. The summed E-state index contributed by atoms with van der Waals surface area (Å²) in [5.74, 6) is 1.28. The molecule has 0 saturated carbocycles. The summed E-state index contributed by atoms with van der Waals surface area (Å²) in [5, 5.41) is 1.11. The molecule has 2 aromatic heterocycles. The summed E-state index contributed by atoms with van der Waals surface area (Å²) in [6, 6.07) is 8.02. The summed E-state index contributed by atoms with van der Waals surface area (Å²) in [5.41, 5.74) is 2.36. The molecular formula is C21H24N4O3. The highest BCUT2D eigenvalue weighted by Gasteiger charge is 2.28. The highest BCUT2D eigenvalue weighted by atomic mass is 16.6. The largest absolute Gasteiger partial charge is 0.444 e. The van der Waals surface area contributed by atoms with Gasteiger partial charge in [0, 0.05) is 36.3 Å². The van der Waals surface area contributed by atoms with E-state index in [4.69, 9.17) is 9.47 Å². The van der Waals surface area contributed by atoms with E-state index in [2.05, 4.69) is 20.6 Å². The molecule has 0 radical (unpaired) electrons. The minimum absolute atomic E-state index is 0.325. The molecule has 146 valence electrons. The monoisotopic (exact) mass is 380 g/mol. The van der Waals surface area contributed by atoms with Crippen molar-refractivity contribution in [3.63, 3.8) is 0 Å². The van der Waals surface area contributed by atoms with Crippen LogP contribution in [0.1, 0.15) is 32.0 Å². The average Bonchev–Trinajstić information content (AvgIpc) is 3.00. The Morgan fingerprint density at radius 1 is 1.18 bits per heavy atom. The maximum Gasteiger partial charge on any atom is 0.410 e. The molecule has 0 unspecified atom stereocenters.